The molecule has 1 aliphatic heterocycles. The number of carbonyl (C=O) groups is 1. The summed E-state index contributed by atoms with van der Waals surface area (Å²) in [4.78, 5) is 17.4. The van der Waals surface area contributed by atoms with E-state index in [1.54, 1.807) is 17.5 Å². The standard InChI is InChI=1S/C14H12N4OS/c1-7-15-6-11(20-7)9-4-12(19)17-10-3-2-8-5-16-18-14(8)13(9)10/h2-3,5-6,9H,4H2,1H3,(H,16,18)(H,17,19). The van der Waals surface area contributed by atoms with Crippen molar-refractivity contribution >= 4 is 33.8 Å². The van der Waals surface area contributed by atoms with E-state index >= 15 is 0 Å². The maximum atomic E-state index is 11.9. The number of nitrogens with zero attached hydrogens (tertiary/aromatic N) is 2. The fourth-order valence-electron chi connectivity index (χ4n) is 2.78. The van der Waals surface area contributed by atoms with Crippen LogP contribution in [-0.4, -0.2) is 21.1 Å². The Balaban J connectivity index is 1.98. The lowest BCUT2D eigenvalue weighted by Gasteiger charge is -2.25. The van der Waals surface area contributed by atoms with Gasteiger partial charge in [-0.05, 0) is 19.1 Å². The number of fused-ring (bicyclic) bond motifs is 3. The minimum absolute atomic E-state index is 0.0485. The van der Waals surface area contributed by atoms with E-state index in [2.05, 4.69) is 20.5 Å². The zero-order chi connectivity index (χ0) is 13.7. The summed E-state index contributed by atoms with van der Waals surface area (Å²) in [7, 11) is 0. The van der Waals surface area contributed by atoms with Crippen molar-refractivity contribution < 1.29 is 4.79 Å². The van der Waals surface area contributed by atoms with Gasteiger partial charge >= 0.3 is 0 Å². The number of carbonyl (C=O) groups excluding carboxylic acids is 1. The molecular formula is C14H12N4OS. The summed E-state index contributed by atoms with van der Waals surface area (Å²) in [5, 5.41) is 12.2. The summed E-state index contributed by atoms with van der Waals surface area (Å²) < 4.78 is 0. The van der Waals surface area contributed by atoms with E-state index in [9.17, 15) is 4.79 Å². The normalized spacial score (nSPS) is 18.1. The third kappa shape index (κ3) is 1.65. The number of nitrogens with one attached hydrogen (secondary N) is 2. The molecule has 0 aliphatic carbocycles. The van der Waals surface area contributed by atoms with Gasteiger partial charge in [0.15, 0.2) is 0 Å². The van der Waals surface area contributed by atoms with Gasteiger partial charge in [0.25, 0.3) is 0 Å². The summed E-state index contributed by atoms with van der Waals surface area (Å²) >= 11 is 1.65. The Labute approximate surface area is 119 Å². The van der Waals surface area contributed by atoms with Gasteiger partial charge in [0.1, 0.15) is 0 Å². The number of H-pyrrole nitrogens is 1. The molecule has 5 nitrogen and oxygen atoms in total. The highest BCUT2D eigenvalue weighted by Gasteiger charge is 2.30. The van der Waals surface area contributed by atoms with E-state index in [-0.39, 0.29) is 11.8 Å². The fourth-order valence-corrected chi connectivity index (χ4v) is 3.67. The van der Waals surface area contributed by atoms with E-state index in [0.29, 0.717) is 6.42 Å². The predicted octanol–water partition coefficient (Wildman–Crippen LogP) is 2.80. The van der Waals surface area contributed by atoms with E-state index in [1.165, 1.54) is 0 Å². The molecule has 0 fully saturated rings. The molecule has 4 rings (SSSR count). The topological polar surface area (TPSA) is 70.7 Å². The number of aryl methyl sites for hydroxylation is 1. The first-order valence-corrected chi connectivity index (χ1v) is 7.22. The molecule has 2 N–H and O–H groups in total. The quantitative estimate of drug-likeness (QED) is 0.722. The third-order valence-electron chi connectivity index (χ3n) is 3.65. The van der Waals surface area contributed by atoms with Gasteiger partial charge in [-0.1, -0.05) is 0 Å². The van der Waals surface area contributed by atoms with Crippen LogP contribution in [0.3, 0.4) is 0 Å². The lowest BCUT2D eigenvalue weighted by atomic mass is 9.88. The first-order chi connectivity index (χ1) is 9.72. The number of aromatic nitrogens is 3. The minimum atomic E-state index is 0.0485. The number of hydrogen-bond donors (Lipinski definition) is 2. The maximum absolute atomic E-state index is 11.9. The number of amides is 1. The molecule has 0 bridgehead atoms. The average Bonchev–Trinajstić information content (AvgIpc) is 3.05. The number of rotatable bonds is 1. The summed E-state index contributed by atoms with van der Waals surface area (Å²) in [5.74, 6) is 0.0986. The second-order valence-corrected chi connectivity index (χ2v) is 6.21. The monoisotopic (exact) mass is 284 g/mol. The third-order valence-corrected chi connectivity index (χ3v) is 4.68. The van der Waals surface area contributed by atoms with Crippen molar-refractivity contribution in [1.29, 1.82) is 0 Å². The Morgan fingerprint density at radius 1 is 1.35 bits per heavy atom. The predicted molar refractivity (Wildman–Crippen MR) is 78.0 cm³/mol. The molecule has 6 heteroatoms. The van der Waals surface area contributed by atoms with Crippen molar-refractivity contribution in [1.82, 2.24) is 15.2 Å². The van der Waals surface area contributed by atoms with Gasteiger partial charge in [0.05, 0.1) is 16.7 Å². The molecule has 1 atom stereocenters. The maximum Gasteiger partial charge on any atom is 0.225 e. The van der Waals surface area contributed by atoms with Crippen molar-refractivity contribution in [2.45, 2.75) is 19.3 Å². The smallest absolute Gasteiger partial charge is 0.225 e. The molecule has 0 saturated heterocycles. The average molecular weight is 284 g/mol. The van der Waals surface area contributed by atoms with Gasteiger partial charge in [0, 0.05) is 40.0 Å². The lowest BCUT2D eigenvalue weighted by molar-refractivity contribution is -0.116. The van der Waals surface area contributed by atoms with Gasteiger partial charge in [-0.3, -0.25) is 9.89 Å². The summed E-state index contributed by atoms with van der Waals surface area (Å²) in [6.07, 6.45) is 4.13. The Bertz CT molecular complexity index is 820. The molecule has 100 valence electrons. The highest BCUT2D eigenvalue weighted by molar-refractivity contribution is 7.11. The molecule has 1 unspecified atom stereocenters. The fraction of sp³-hybridized carbons (Fsp3) is 0.214. The molecule has 2 aromatic heterocycles. The zero-order valence-corrected chi connectivity index (χ0v) is 11.6. The first kappa shape index (κ1) is 11.6. The van der Waals surface area contributed by atoms with Crippen LogP contribution in [0.1, 0.15) is 27.8 Å². The van der Waals surface area contributed by atoms with Crippen molar-refractivity contribution in [2.75, 3.05) is 5.32 Å². The van der Waals surface area contributed by atoms with Crippen LogP contribution in [0.5, 0.6) is 0 Å². The molecule has 0 spiro atoms. The van der Waals surface area contributed by atoms with Gasteiger partial charge in [-0.25, -0.2) is 4.98 Å². The van der Waals surface area contributed by atoms with Gasteiger partial charge in [-0.2, -0.15) is 5.10 Å². The van der Waals surface area contributed by atoms with Crippen LogP contribution in [0.4, 0.5) is 5.69 Å². The van der Waals surface area contributed by atoms with Crippen LogP contribution in [0.2, 0.25) is 0 Å². The van der Waals surface area contributed by atoms with Gasteiger partial charge in [0.2, 0.25) is 5.91 Å². The van der Waals surface area contributed by atoms with Crippen LogP contribution in [-0.2, 0) is 4.79 Å². The highest BCUT2D eigenvalue weighted by atomic mass is 32.1. The van der Waals surface area contributed by atoms with Crippen LogP contribution in [0.25, 0.3) is 10.9 Å². The molecule has 3 aromatic rings. The summed E-state index contributed by atoms with van der Waals surface area (Å²) in [6.45, 7) is 1.98. The highest BCUT2D eigenvalue weighted by Crippen LogP contribution is 2.42. The van der Waals surface area contributed by atoms with Crippen LogP contribution < -0.4 is 5.32 Å². The van der Waals surface area contributed by atoms with Crippen LogP contribution in [0, 0.1) is 6.92 Å². The second-order valence-electron chi connectivity index (χ2n) is 4.95. The van der Waals surface area contributed by atoms with E-state index in [4.69, 9.17) is 0 Å². The van der Waals surface area contributed by atoms with E-state index < -0.39 is 0 Å². The number of thiazole rings is 1. The number of aromatic amines is 1. The van der Waals surface area contributed by atoms with Gasteiger partial charge in [-0.15, -0.1) is 11.3 Å². The summed E-state index contributed by atoms with van der Waals surface area (Å²) in [6, 6.07) is 3.92. The molecule has 0 radical (unpaired) electrons. The SMILES string of the molecule is Cc1ncc(C2CC(=O)Nc3ccc4cn[nH]c4c32)s1. The number of benzene rings is 1. The Morgan fingerprint density at radius 2 is 2.25 bits per heavy atom. The van der Waals surface area contributed by atoms with Crippen molar-refractivity contribution in [2.24, 2.45) is 0 Å². The second kappa shape index (κ2) is 4.14. The molecule has 20 heavy (non-hydrogen) atoms. The number of anilines is 1. The van der Waals surface area contributed by atoms with Gasteiger partial charge < -0.3 is 5.32 Å². The Hall–Kier alpha value is -2.21. The largest absolute Gasteiger partial charge is 0.326 e. The first-order valence-electron chi connectivity index (χ1n) is 6.40. The molecule has 1 aromatic carbocycles. The number of hydrogen-bond acceptors (Lipinski definition) is 4. The van der Waals surface area contributed by atoms with Crippen LogP contribution in [0.15, 0.2) is 24.5 Å². The van der Waals surface area contributed by atoms with Crippen molar-refractivity contribution in [3.8, 4) is 0 Å². The molecule has 3 heterocycles. The van der Waals surface area contributed by atoms with Crippen molar-refractivity contribution in [3.05, 3.63) is 40.0 Å². The van der Waals surface area contributed by atoms with E-state index in [0.717, 1.165) is 32.0 Å². The van der Waals surface area contributed by atoms with Crippen LogP contribution >= 0.6 is 11.3 Å². The Kier molecular flexibility index (Phi) is 2.40. The minimum Gasteiger partial charge on any atom is -0.326 e. The summed E-state index contributed by atoms with van der Waals surface area (Å²) in [5.41, 5.74) is 2.98. The molecule has 1 aliphatic rings. The molecule has 1 amide bonds. The van der Waals surface area contributed by atoms with E-state index in [1.807, 2.05) is 25.3 Å². The zero-order valence-electron chi connectivity index (χ0n) is 10.8. The Morgan fingerprint density at radius 3 is 3.05 bits per heavy atom. The van der Waals surface area contributed by atoms with Crippen molar-refractivity contribution in [3.63, 3.8) is 0 Å². The lowest BCUT2D eigenvalue weighted by Crippen LogP contribution is -2.23. The molecule has 0 saturated carbocycles. The molecular weight excluding hydrogens is 272 g/mol.